The Morgan fingerprint density at radius 3 is 2.00 bits per heavy atom. The summed E-state index contributed by atoms with van der Waals surface area (Å²) in [6.45, 7) is 2.08. The zero-order chi connectivity index (χ0) is 11.5. The lowest BCUT2D eigenvalue weighted by Gasteiger charge is -2.18. The highest BCUT2D eigenvalue weighted by Crippen LogP contribution is 2.20. The first kappa shape index (κ1) is 10.3. The van der Waals surface area contributed by atoms with Crippen LogP contribution in [0.25, 0.3) is 17.2 Å². The highest BCUT2D eigenvalue weighted by atomic mass is 14.9. The number of hydrogen-bond acceptors (Lipinski definition) is 1. The molecule has 2 aromatic rings. The molecule has 0 unspecified atom stereocenters. The van der Waals surface area contributed by atoms with Crippen LogP contribution in [0.15, 0.2) is 60.2 Å². The van der Waals surface area contributed by atoms with Gasteiger partial charge in [-0.2, -0.15) is 0 Å². The van der Waals surface area contributed by atoms with Crippen molar-refractivity contribution in [3.05, 3.63) is 65.7 Å². The van der Waals surface area contributed by atoms with E-state index in [1.165, 1.54) is 22.3 Å². The molecular weight excluding hydrogens is 206 g/mol. The molecule has 0 atom stereocenters. The first-order valence-corrected chi connectivity index (χ1v) is 5.97. The molecule has 84 valence electrons. The fourth-order valence-corrected chi connectivity index (χ4v) is 2.01. The number of nitrogens with one attached hydrogen (secondary N) is 1. The Morgan fingerprint density at radius 2 is 1.41 bits per heavy atom. The predicted octanol–water partition coefficient (Wildman–Crippen LogP) is 3.34. The third-order valence-corrected chi connectivity index (χ3v) is 3.09. The highest BCUT2D eigenvalue weighted by Gasteiger charge is 2.06. The largest absolute Gasteiger partial charge is 0.309 e. The van der Waals surface area contributed by atoms with Gasteiger partial charge in [0.2, 0.25) is 0 Å². The van der Waals surface area contributed by atoms with Crippen LogP contribution in [0.1, 0.15) is 5.56 Å². The molecule has 0 spiro atoms. The van der Waals surface area contributed by atoms with Crippen LogP contribution >= 0.6 is 0 Å². The van der Waals surface area contributed by atoms with Gasteiger partial charge < -0.3 is 5.32 Å². The van der Waals surface area contributed by atoms with Crippen molar-refractivity contribution in [3.63, 3.8) is 0 Å². The molecule has 1 aliphatic rings. The van der Waals surface area contributed by atoms with E-state index in [1.807, 2.05) is 6.07 Å². The molecule has 1 nitrogen and oxygen atoms in total. The van der Waals surface area contributed by atoms with Crippen molar-refractivity contribution in [3.8, 4) is 11.1 Å². The third-order valence-electron chi connectivity index (χ3n) is 3.09. The summed E-state index contributed by atoms with van der Waals surface area (Å²) in [7, 11) is 0. The quantitative estimate of drug-likeness (QED) is 0.820. The summed E-state index contributed by atoms with van der Waals surface area (Å²) in [4.78, 5) is 0. The number of benzene rings is 2. The smallest absolute Gasteiger partial charge is 0.0183 e. The minimum atomic E-state index is 1.04. The summed E-state index contributed by atoms with van der Waals surface area (Å²) in [6.07, 6.45) is 2.27. The molecular formula is C16H15N. The van der Waals surface area contributed by atoms with Gasteiger partial charge >= 0.3 is 0 Å². The van der Waals surface area contributed by atoms with Gasteiger partial charge in [0.1, 0.15) is 0 Å². The number of hydrogen-bond donors (Lipinski definition) is 1. The molecule has 1 saturated heterocycles. The summed E-state index contributed by atoms with van der Waals surface area (Å²) in [5, 5.41) is 3.25. The van der Waals surface area contributed by atoms with E-state index in [1.54, 1.807) is 0 Å². The second-order valence-corrected chi connectivity index (χ2v) is 4.39. The Morgan fingerprint density at radius 1 is 0.765 bits per heavy atom. The standard InChI is InChI=1S/C16H15N/c1-2-4-15(5-3-1)16-8-6-13(7-9-16)10-14-11-17-12-14/h1-10,17H,11-12H2. The normalized spacial score (nSPS) is 14.2. The van der Waals surface area contributed by atoms with Gasteiger partial charge in [0, 0.05) is 13.1 Å². The highest BCUT2D eigenvalue weighted by molar-refractivity contribution is 5.66. The van der Waals surface area contributed by atoms with Gasteiger partial charge in [-0.1, -0.05) is 60.7 Å². The van der Waals surface area contributed by atoms with E-state index in [0.29, 0.717) is 0 Å². The van der Waals surface area contributed by atoms with Crippen molar-refractivity contribution >= 4 is 6.08 Å². The molecule has 3 rings (SSSR count). The molecule has 2 aromatic carbocycles. The maximum atomic E-state index is 3.25. The predicted molar refractivity (Wildman–Crippen MR) is 72.7 cm³/mol. The first-order chi connectivity index (χ1) is 8.42. The molecule has 0 radical (unpaired) electrons. The van der Waals surface area contributed by atoms with Crippen LogP contribution in [-0.2, 0) is 0 Å². The van der Waals surface area contributed by atoms with E-state index >= 15 is 0 Å². The van der Waals surface area contributed by atoms with Crippen molar-refractivity contribution < 1.29 is 0 Å². The van der Waals surface area contributed by atoms with Gasteiger partial charge in [0.15, 0.2) is 0 Å². The van der Waals surface area contributed by atoms with Crippen molar-refractivity contribution in [1.82, 2.24) is 5.32 Å². The summed E-state index contributed by atoms with van der Waals surface area (Å²) in [5.41, 5.74) is 5.33. The van der Waals surface area contributed by atoms with Gasteiger partial charge in [0.05, 0.1) is 0 Å². The van der Waals surface area contributed by atoms with E-state index < -0.39 is 0 Å². The number of rotatable bonds is 2. The van der Waals surface area contributed by atoms with Crippen LogP contribution in [0, 0.1) is 0 Å². The van der Waals surface area contributed by atoms with Crippen LogP contribution in [-0.4, -0.2) is 13.1 Å². The maximum Gasteiger partial charge on any atom is 0.0183 e. The van der Waals surface area contributed by atoms with Crippen molar-refractivity contribution in [2.45, 2.75) is 0 Å². The molecule has 1 fully saturated rings. The Hall–Kier alpha value is -1.86. The van der Waals surface area contributed by atoms with Crippen LogP contribution in [0.3, 0.4) is 0 Å². The second kappa shape index (κ2) is 4.56. The van der Waals surface area contributed by atoms with Crippen LogP contribution in [0.5, 0.6) is 0 Å². The minimum Gasteiger partial charge on any atom is -0.309 e. The van der Waals surface area contributed by atoms with Gasteiger partial charge in [-0.05, 0) is 22.3 Å². The van der Waals surface area contributed by atoms with Gasteiger partial charge in [-0.25, -0.2) is 0 Å². The topological polar surface area (TPSA) is 12.0 Å². The van der Waals surface area contributed by atoms with Gasteiger partial charge in [-0.3, -0.25) is 0 Å². The fourth-order valence-electron chi connectivity index (χ4n) is 2.01. The van der Waals surface area contributed by atoms with Gasteiger partial charge in [0.25, 0.3) is 0 Å². The molecule has 1 heteroatoms. The minimum absolute atomic E-state index is 1.04. The summed E-state index contributed by atoms with van der Waals surface area (Å²) >= 11 is 0. The zero-order valence-corrected chi connectivity index (χ0v) is 9.69. The molecule has 1 aliphatic heterocycles. The monoisotopic (exact) mass is 221 g/mol. The Labute approximate surface area is 102 Å². The van der Waals surface area contributed by atoms with E-state index in [2.05, 4.69) is 59.9 Å². The van der Waals surface area contributed by atoms with Crippen LogP contribution < -0.4 is 5.32 Å². The SMILES string of the molecule is C(=C1CNC1)c1ccc(-c2ccccc2)cc1. The van der Waals surface area contributed by atoms with Crippen molar-refractivity contribution in [2.75, 3.05) is 13.1 Å². The zero-order valence-electron chi connectivity index (χ0n) is 9.69. The molecule has 0 saturated carbocycles. The third kappa shape index (κ3) is 2.29. The average Bonchev–Trinajstić information content (AvgIpc) is 2.36. The van der Waals surface area contributed by atoms with E-state index in [-0.39, 0.29) is 0 Å². The molecule has 17 heavy (non-hydrogen) atoms. The molecule has 0 aromatic heterocycles. The Kier molecular flexibility index (Phi) is 2.76. The summed E-state index contributed by atoms with van der Waals surface area (Å²) < 4.78 is 0. The van der Waals surface area contributed by atoms with E-state index in [4.69, 9.17) is 0 Å². The lowest BCUT2D eigenvalue weighted by atomic mass is 10.0. The summed E-state index contributed by atoms with van der Waals surface area (Å²) in [5.74, 6) is 0. The first-order valence-electron chi connectivity index (χ1n) is 5.97. The molecule has 0 amide bonds. The Bertz CT molecular complexity index is 517. The van der Waals surface area contributed by atoms with Crippen molar-refractivity contribution in [2.24, 2.45) is 0 Å². The summed E-state index contributed by atoms with van der Waals surface area (Å²) in [6, 6.07) is 19.2. The fraction of sp³-hybridized carbons (Fsp3) is 0.125. The van der Waals surface area contributed by atoms with E-state index in [9.17, 15) is 0 Å². The molecule has 0 bridgehead atoms. The molecule has 0 aliphatic carbocycles. The molecule has 1 N–H and O–H groups in total. The molecule has 1 heterocycles. The lowest BCUT2D eigenvalue weighted by molar-refractivity contribution is 0.675. The maximum absolute atomic E-state index is 3.25. The lowest BCUT2D eigenvalue weighted by Crippen LogP contribution is -2.33. The van der Waals surface area contributed by atoms with Crippen molar-refractivity contribution in [1.29, 1.82) is 0 Å². The van der Waals surface area contributed by atoms with Gasteiger partial charge in [-0.15, -0.1) is 0 Å². The Balaban J connectivity index is 1.85. The second-order valence-electron chi connectivity index (χ2n) is 4.39. The van der Waals surface area contributed by atoms with Crippen LogP contribution in [0.2, 0.25) is 0 Å². The average molecular weight is 221 g/mol. The van der Waals surface area contributed by atoms with Crippen LogP contribution in [0.4, 0.5) is 0 Å². The van der Waals surface area contributed by atoms with E-state index in [0.717, 1.165) is 13.1 Å².